The van der Waals surface area contributed by atoms with E-state index < -0.39 is 0 Å². The van der Waals surface area contributed by atoms with Gasteiger partial charge in [-0.25, -0.2) is 0 Å². The van der Waals surface area contributed by atoms with Crippen LogP contribution in [-0.4, -0.2) is 43.8 Å². The molecule has 0 aromatic carbocycles. The van der Waals surface area contributed by atoms with Crippen LogP contribution >= 0.6 is 0 Å². The van der Waals surface area contributed by atoms with Crippen LogP contribution in [0.3, 0.4) is 0 Å². The molecule has 2 N–H and O–H groups in total. The highest BCUT2D eigenvalue weighted by Crippen LogP contribution is 2.32. The van der Waals surface area contributed by atoms with Crippen LogP contribution in [0.15, 0.2) is 0 Å². The van der Waals surface area contributed by atoms with Gasteiger partial charge in [-0.2, -0.15) is 0 Å². The largest absolute Gasteiger partial charge is 0.384 e. The first kappa shape index (κ1) is 13.3. The summed E-state index contributed by atoms with van der Waals surface area (Å²) in [5, 5.41) is 0. The molecular formula is C14H28N2O. The van der Waals surface area contributed by atoms with Gasteiger partial charge < -0.3 is 10.5 Å². The van der Waals surface area contributed by atoms with Crippen LogP contribution in [0.2, 0.25) is 0 Å². The first-order chi connectivity index (χ1) is 8.24. The van der Waals surface area contributed by atoms with E-state index in [9.17, 15) is 0 Å². The lowest BCUT2D eigenvalue weighted by molar-refractivity contribution is 0.114. The maximum absolute atomic E-state index is 6.32. The maximum atomic E-state index is 6.32. The number of likely N-dealkylation sites (tertiary alicyclic amines) is 1. The second kappa shape index (κ2) is 6.17. The summed E-state index contributed by atoms with van der Waals surface area (Å²) in [7, 11) is 1.81. The van der Waals surface area contributed by atoms with E-state index in [0.29, 0.717) is 12.1 Å². The number of nitrogens with zero attached hydrogens (tertiary/aromatic N) is 1. The van der Waals surface area contributed by atoms with E-state index in [1.165, 1.54) is 45.2 Å². The van der Waals surface area contributed by atoms with Crippen molar-refractivity contribution >= 4 is 0 Å². The van der Waals surface area contributed by atoms with Gasteiger partial charge in [0.15, 0.2) is 0 Å². The zero-order chi connectivity index (χ0) is 12.3. The quantitative estimate of drug-likeness (QED) is 0.815. The highest BCUT2D eigenvalue weighted by molar-refractivity contribution is 4.92. The van der Waals surface area contributed by atoms with Gasteiger partial charge in [-0.1, -0.05) is 13.3 Å². The molecule has 0 aromatic rings. The molecule has 4 atom stereocenters. The van der Waals surface area contributed by atoms with Crippen molar-refractivity contribution in [1.29, 1.82) is 0 Å². The third kappa shape index (κ3) is 3.21. The van der Waals surface area contributed by atoms with Crippen LogP contribution in [0.4, 0.5) is 0 Å². The Bertz CT molecular complexity index is 234. The lowest BCUT2D eigenvalue weighted by atomic mass is 9.81. The number of rotatable bonds is 4. The van der Waals surface area contributed by atoms with Crippen LogP contribution in [0, 0.1) is 11.8 Å². The zero-order valence-corrected chi connectivity index (χ0v) is 11.4. The molecule has 0 amide bonds. The molecule has 1 heterocycles. The van der Waals surface area contributed by atoms with Gasteiger partial charge in [0, 0.05) is 25.7 Å². The van der Waals surface area contributed by atoms with Crippen LogP contribution in [-0.2, 0) is 4.74 Å². The molecule has 2 aliphatic rings. The summed E-state index contributed by atoms with van der Waals surface area (Å²) in [6.07, 6.45) is 6.47. The molecule has 2 rings (SSSR count). The number of ether oxygens (including phenoxy) is 1. The molecule has 0 radical (unpaired) electrons. The number of hydrogen-bond donors (Lipinski definition) is 1. The fourth-order valence-corrected chi connectivity index (χ4v) is 3.58. The summed E-state index contributed by atoms with van der Waals surface area (Å²) in [5.74, 6) is 1.63. The van der Waals surface area contributed by atoms with Crippen molar-refractivity contribution in [3.63, 3.8) is 0 Å². The van der Waals surface area contributed by atoms with Gasteiger partial charge in [-0.3, -0.25) is 4.90 Å². The Labute approximate surface area is 106 Å². The first-order valence-electron chi connectivity index (χ1n) is 7.23. The Morgan fingerprint density at radius 2 is 2.06 bits per heavy atom. The minimum atomic E-state index is 0.402. The monoisotopic (exact) mass is 240 g/mol. The molecule has 3 nitrogen and oxygen atoms in total. The summed E-state index contributed by atoms with van der Waals surface area (Å²) >= 11 is 0. The minimum Gasteiger partial charge on any atom is -0.384 e. The molecule has 2 fully saturated rings. The SMILES string of the molecule is CCC1CCC(N)C(N2CCC(COC)C2)C1. The lowest BCUT2D eigenvalue weighted by Gasteiger charge is -2.39. The Hall–Kier alpha value is -0.120. The summed E-state index contributed by atoms with van der Waals surface area (Å²) in [6.45, 7) is 5.65. The van der Waals surface area contributed by atoms with Crippen molar-refractivity contribution < 1.29 is 4.74 Å². The van der Waals surface area contributed by atoms with Gasteiger partial charge >= 0.3 is 0 Å². The Kier molecular flexibility index (Phi) is 4.83. The van der Waals surface area contributed by atoms with Crippen molar-refractivity contribution in [3.8, 4) is 0 Å². The van der Waals surface area contributed by atoms with Gasteiger partial charge in [-0.15, -0.1) is 0 Å². The molecule has 100 valence electrons. The van der Waals surface area contributed by atoms with E-state index in [4.69, 9.17) is 10.5 Å². The second-order valence-electron chi connectivity index (χ2n) is 5.92. The normalized spacial score (nSPS) is 39.7. The standard InChI is InChI=1S/C14H28N2O/c1-3-11-4-5-13(15)14(8-11)16-7-6-12(9-16)10-17-2/h11-14H,3-10,15H2,1-2H3. The fraction of sp³-hybridized carbons (Fsp3) is 1.00. The number of nitrogens with two attached hydrogens (primary N) is 1. The maximum Gasteiger partial charge on any atom is 0.0503 e. The van der Waals surface area contributed by atoms with Gasteiger partial charge in [0.2, 0.25) is 0 Å². The van der Waals surface area contributed by atoms with Crippen molar-refractivity contribution in [2.75, 3.05) is 26.8 Å². The first-order valence-corrected chi connectivity index (χ1v) is 7.23. The molecule has 17 heavy (non-hydrogen) atoms. The number of hydrogen-bond acceptors (Lipinski definition) is 3. The summed E-state index contributed by atoms with van der Waals surface area (Å²) in [4.78, 5) is 2.64. The Balaban J connectivity index is 1.88. The van der Waals surface area contributed by atoms with Crippen molar-refractivity contribution in [2.24, 2.45) is 17.6 Å². The molecule has 0 aromatic heterocycles. The topological polar surface area (TPSA) is 38.5 Å². The minimum absolute atomic E-state index is 0.402. The van der Waals surface area contributed by atoms with Crippen LogP contribution in [0.5, 0.6) is 0 Å². The predicted octanol–water partition coefficient (Wildman–Crippen LogP) is 1.86. The van der Waals surface area contributed by atoms with Gasteiger partial charge in [0.05, 0.1) is 6.61 Å². The second-order valence-corrected chi connectivity index (χ2v) is 5.92. The summed E-state index contributed by atoms with van der Waals surface area (Å²) in [6, 6.07) is 1.04. The van der Waals surface area contributed by atoms with Crippen molar-refractivity contribution in [1.82, 2.24) is 4.90 Å². The molecule has 0 bridgehead atoms. The Morgan fingerprint density at radius 1 is 1.24 bits per heavy atom. The molecule has 4 unspecified atom stereocenters. The summed E-state index contributed by atoms with van der Waals surface area (Å²) in [5.41, 5.74) is 6.32. The van der Waals surface area contributed by atoms with Crippen LogP contribution in [0.25, 0.3) is 0 Å². The third-order valence-corrected chi connectivity index (χ3v) is 4.74. The Morgan fingerprint density at radius 3 is 2.76 bits per heavy atom. The van der Waals surface area contributed by atoms with Gasteiger partial charge in [-0.05, 0) is 44.1 Å². The van der Waals surface area contributed by atoms with Gasteiger partial charge in [0.1, 0.15) is 0 Å². The summed E-state index contributed by atoms with van der Waals surface area (Å²) < 4.78 is 5.27. The third-order valence-electron chi connectivity index (χ3n) is 4.74. The van der Waals surface area contributed by atoms with E-state index in [1.54, 1.807) is 0 Å². The lowest BCUT2D eigenvalue weighted by Crippen LogP contribution is -2.50. The highest BCUT2D eigenvalue weighted by Gasteiger charge is 2.35. The molecule has 1 aliphatic carbocycles. The van der Waals surface area contributed by atoms with E-state index in [1.807, 2.05) is 7.11 Å². The van der Waals surface area contributed by atoms with E-state index in [0.717, 1.165) is 18.4 Å². The molecule has 1 saturated carbocycles. The predicted molar refractivity (Wildman–Crippen MR) is 71.0 cm³/mol. The van der Waals surface area contributed by atoms with Crippen molar-refractivity contribution in [2.45, 2.75) is 51.1 Å². The van der Waals surface area contributed by atoms with Crippen LogP contribution in [0.1, 0.15) is 39.0 Å². The fourth-order valence-electron chi connectivity index (χ4n) is 3.58. The zero-order valence-electron chi connectivity index (χ0n) is 11.4. The van der Waals surface area contributed by atoms with Crippen LogP contribution < -0.4 is 5.73 Å². The average molecular weight is 240 g/mol. The van der Waals surface area contributed by atoms with Crippen molar-refractivity contribution in [3.05, 3.63) is 0 Å². The van der Waals surface area contributed by atoms with E-state index in [-0.39, 0.29) is 0 Å². The highest BCUT2D eigenvalue weighted by atomic mass is 16.5. The molecule has 1 saturated heterocycles. The molecule has 0 spiro atoms. The van der Waals surface area contributed by atoms with E-state index in [2.05, 4.69) is 11.8 Å². The molecule has 1 aliphatic heterocycles. The smallest absolute Gasteiger partial charge is 0.0503 e. The molecular weight excluding hydrogens is 212 g/mol. The number of methoxy groups -OCH3 is 1. The van der Waals surface area contributed by atoms with E-state index >= 15 is 0 Å². The van der Waals surface area contributed by atoms with Gasteiger partial charge in [0.25, 0.3) is 0 Å². The molecule has 3 heteroatoms. The average Bonchev–Trinajstić information content (AvgIpc) is 2.79.